The van der Waals surface area contributed by atoms with E-state index in [4.69, 9.17) is 23.2 Å². The molecule has 3 nitrogen and oxygen atoms in total. The van der Waals surface area contributed by atoms with Crippen molar-refractivity contribution in [2.24, 2.45) is 0 Å². The van der Waals surface area contributed by atoms with Gasteiger partial charge in [0.2, 0.25) is 5.91 Å². The maximum absolute atomic E-state index is 12.7. The van der Waals surface area contributed by atoms with Crippen LogP contribution in [0.15, 0.2) is 30.3 Å². The molecule has 3 rings (SSSR count). The van der Waals surface area contributed by atoms with Crippen LogP contribution >= 0.6 is 23.2 Å². The molecule has 106 valence electrons. The van der Waals surface area contributed by atoms with E-state index < -0.39 is 0 Å². The normalized spacial score (nSPS) is 13.0. The number of carbonyl (C=O) groups is 2. The van der Waals surface area contributed by atoms with Gasteiger partial charge in [-0.3, -0.25) is 9.59 Å². The van der Waals surface area contributed by atoms with Gasteiger partial charge in [0.15, 0.2) is 5.78 Å². The number of halogens is 2. The molecule has 0 unspecified atom stereocenters. The lowest BCUT2D eigenvalue weighted by molar-refractivity contribution is -0.115. The van der Waals surface area contributed by atoms with Gasteiger partial charge < -0.3 is 5.32 Å². The van der Waals surface area contributed by atoms with E-state index in [0.717, 1.165) is 11.1 Å². The molecule has 5 heteroatoms. The van der Waals surface area contributed by atoms with Crippen molar-refractivity contribution in [1.29, 1.82) is 0 Å². The molecular formula is C16H11Cl2NO2. The second-order valence-corrected chi connectivity index (χ2v) is 5.85. The van der Waals surface area contributed by atoms with Crippen molar-refractivity contribution in [3.8, 4) is 0 Å². The molecule has 0 aliphatic carbocycles. The van der Waals surface area contributed by atoms with Gasteiger partial charge in [0.25, 0.3) is 0 Å². The Hall–Kier alpha value is -1.84. The summed E-state index contributed by atoms with van der Waals surface area (Å²) in [5.41, 5.74) is 3.19. The Morgan fingerprint density at radius 1 is 1.14 bits per heavy atom. The van der Waals surface area contributed by atoms with Gasteiger partial charge in [-0.1, -0.05) is 29.3 Å². The number of anilines is 1. The van der Waals surface area contributed by atoms with Crippen LogP contribution in [0.2, 0.25) is 10.0 Å². The summed E-state index contributed by atoms with van der Waals surface area (Å²) in [6, 6.07) is 8.46. The number of amides is 1. The Bertz CT molecular complexity index is 784. The lowest BCUT2D eigenvalue weighted by atomic mass is 9.97. The standard InChI is InChI=1S/C16H11Cl2NO2/c1-8-2-3-10(17)6-11(8)16(21)12-4-9-5-15(20)19-14(9)7-13(12)18/h2-4,6-7H,5H2,1H3,(H,19,20). The molecule has 0 radical (unpaired) electrons. The van der Waals surface area contributed by atoms with Crippen molar-refractivity contribution in [3.63, 3.8) is 0 Å². The number of nitrogens with one attached hydrogen (secondary N) is 1. The van der Waals surface area contributed by atoms with Crippen LogP contribution in [0, 0.1) is 6.92 Å². The Kier molecular flexibility index (Phi) is 3.47. The molecule has 1 aliphatic heterocycles. The molecule has 2 aromatic carbocycles. The molecule has 0 saturated heterocycles. The first-order valence-electron chi connectivity index (χ1n) is 6.39. The number of fused-ring (bicyclic) bond motifs is 1. The van der Waals surface area contributed by atoms with Crippen molar-refractivity contribution in [3.05, 3.63) is 62.6 Å². The van der Waals surface area contributed by atoms with Gasteiger partial charge in [0, 0.05) is 21.8 Å². The van der Waals surface area contributed by atoms with E-state index in [1.807, 2.05) is 6.92 Å². The number of rotatable bonds is 2. The van der Waals surface area contributed by atoms with Gasteiger partial charge in [0.05, 0.1) is 11.4 Å². The number of benzene rings is 2. The smallest absolute Gasteiger partial charge is 0.228 e. The van der Waals surface area contributed by atoms with Crippen molar-refractivity contribution in [1.82, 2.24) is 0 Å². The number of aryl methyl sites for hydroxylation is 1. The van der Waals surface area contributed by atoms with Crippen LogP contribution in [0.1, 0.15) is 27.0 Å². The summed E-state index contributed by atoms with van der Waals surface area (Å²) >= 11 is 12.1. The second-order valence-electron chi connectivity index (χ2n) is 5.00. The van der Waals surface area contributed by atoms with Crippen LogP contribution < -0.4 is 5.32 Å². The first-order valence-corrected chi connectivity index (χ1v) is 7.14. The Morgan fingerprint density at radius 3 is 2.67 bits per heavy atom. The first kappa shape index (κ1) is 14.1. The fraction of sp³-hybridized carbons (Fsp3) is 0.125. The van der Waals surface area contributed by atoms with Crippen LogP contribution in [-0.4, -0.2) is 11.7 Å². The summed E-state index contributed by atoms with van der Waals surface area (Å²) < 4.78 is 0. The maximum atomic E-state index is 12.7. The van der Waals surface area contributed by atoms with Gasteiger partial charge in [-0.25, -0.2) is 0 Å². The highest BCUT2D eigenvalue weighted by molar-refractivity contribution is 6.36. The number of ketones is 1. The van der Waals surface area contributed by atoms with Crippen LogP contribution in [0.4, 0.5) is 5.69 Å². The third-order valence-corrected chi connectivity index (χ3v) is 4.05. The van der Waals surface area contributed by atoms with E-state index >= 15 is 0 Å². The van der Waals surface area contributed by atoms with E-state index in [2.05, 4.69) is 5.32 Å². The molecule has 1 N–H and O–H groups in total. The Labute approximate surface area is 131 Å². The predicted molar refractivity (Wildman–Crippen MR) is 83.4 cm³/mol. The summed E-state index contributed by atoms with van der Waals surface area (Å²) in [4.78, 5) is 24.1. The van der Waals surface area contributed by atoms with Gasteiger partial charge >= 0.3 is 0 Å². The molecule has 1 amide bonds. The summed E-state index contributed by atoms with van der Waals surface area (Å²) in [6.45, 7) is 1.84. The average molecular weight is 320 g/mol. The van der Waals surface area contributed by atoms with Crippen molar-refractivity contribution in [2.75, 3.05) is 5.32 Å². The van der Waals surface area contributed by atoms with Crippen molar-refractivity contribution >= 4 is 40.6 Å². The Morgan fingerprint density at radius 2 is 1.90 bits per heavy atom. The zero-order chi connectivity index (χ0) is 15.1. The van der Waals surface area contributed by atoms with E-state index in [1.54, 1.807) is 30.3 Å². The number of hydrogen-bond acceptors (Lipinski definition) is 2. The molecule has 0 fully saturated rings. The first-order chi connectivity index (χ1) is 9.95. The highest BCUT2D eigenvalue weighted by Crippen LogP contribution is 2.31. The third-order valence-electron chi connectivity index (χ3n) is 3.51. The third kappa shape index (κ3) is 2.55. The Balaban J connectivity index is 2.09. The highest BCUT2D eigenvalue weighted by Gasteiger charge is 2.23. The predicted octanol–water partition coefficient (Wildman–Crippen LogP) is 4.03. The zero-order valence-electron chi connectivity index (χ0n) is 11.2. The molecule has 1 heterocycles. The van der Waals surface area contributed by atoms with Crippen LogP contribution in [0.25, 0.3) is 0 Å². The molecule has 0 aromatic heterocycles. The quantitative estimate of drug-likeness (QED) is 0.849. The monoisotopic (exact) mass is 319 g/mol. The van der Waals surface area contributed by atoms with Gasteiger partial charge in [-0.15, -0.1) is 0 Å². The molecule has 0 spiro atoms. The van der Waals surface area contributed by atoms with Crippen LogP contribution in [-0.2, 0) is 11.2 Å². The minimum Gasteiger partial charge on any atom is -0.325 e. The maximum Gasteiger partial charge on any atom is 0.228 e. The van der Waals surface area contributed by atoms with Crippen molar-refractivity contribution < 1.29 is 9.59 Å². The van der Waals surface area contributed by atoms with E-state index in [1.165, 1.54) is 0 Å². The highest BCUT2D eigenvalue weighted by atomic mass is 35.5. The van der Waals surface area contributed by atoms with E-state index in [0.29, 0.717) is 26.9 Å². The van der Waals surface area contributed by atoms with E-state index in [-0.39, 0.29) is 18.1 Å². The summed E-state index contributed by atoms with van der Waals surface area (Å²) in [5, 5.41) is 3.53. The van der Waals surface area contributed by atoms with Crippen LogP contribution in [0.3, 0.4) is 0 Å². The van der Waals surface area contributed by atoms with Gasteiger partial charge in [-0.05, 0) is 42.3 Å². The topological polar surface area (TPSA) is 46.2 Å². The fourth-order valence-electron chi connectivity index (χ4n) is 2.41. The molecule has 0 saturated carbocycles. The van der Waals surface area contributed by atoms with E-state index in [9.17, 15) is 9.59 Å². The minimum absolute atomic E-state index is 0.0930. The lowest BCUT2D eigenvalue weighted by Crippen LogP contribution is -2.05. The zero-order valence-corrected chi connectivity index (χ0v) is 12.7. The summed E-state index contributed by atoms with van der Waals surface area (Å²) in [7, 11) is 0. The largest absolute Gasteiger partial charge is 0.325 e. The lowest BCUT2D eigenvalue weighted by Gasteiger charge is -2.09. The molecule has 0 atom stereocenters. The minimum atomic E-state index is -0.192. The SMILES string of the molecule is Cc1ccc(Cl)cc1C(=O)c1cc2c(cc1Cl)NC(=O)C2. The van der Waals surface area contributed by atoms with Crippen LogP contribution in [0.5, 0.6) is 0 Å². The summed E-state index contributed by atoms with van der Waals surface area (Å²) in [6.07, 6.45) is 0.265. The summed E-state index contributed by atoms with van der Waals surface area (Å²) in [5.74, 6) is -0.285. The fourth-order valence-corrected chi connectivity index (χ4v) is 2.83. The molecule has 21 heavy (non-hydrogen) atoms. The van der Waals surface area contributed by atoms with Gasteiger partial charge in [-0.2, -0.15) is 0 Å². The van der Waals surface area contributed by atoms with Gasteiger partial charge in [0.1, 0.15) is 0 Å². The number of hydrogen-bond donors (Lipinski definition) is 1. The molecule has 0 bridgehead atoms. The number of carbonyl (C=O) groups excluding carboxylic acids is 2. The second kappa shape index (κ2) is 5.17. The molecular weight excluding hydrogens is 309 g/mol. The molecule has 1 aliphatic rings. The van der Waals surface area contributed by atoms with Crippen molar-refractivity contribution in [2.45, 2.75) is 13.3 Å². The molecule has 2 aromatic rings. The average Bonchev–Trinajstić information content (AvgIpc) is 2.79.